The van der Waals surface area contributed by atoms with Crippen molar-refractivity contribution >= 4 is 23.6 Å². The van der Waals surface area contributed by atoms with Crippen molar-refractivity contribution in [1.82, 2.24) is 5.32 Å². The molecule has 3 saturated carbocycles. The van der Waals surface area contributed by atoms with Crippen LogP contribution in [0.25, 0.3) is 0 Å². The maximum absolute atomic E-state index is 12.9. The SMILES string of the molecule is COC(=O)[C@H](Cc1ccc(O)cc1)NC(=O)CCC(=O)O[C@H]1CC[C@H]2[C@@H]3CCC4=CC(=O)CC[C@]4(C)[C@@H]3CC[C@]12C. The van der Waals surface area contributed by atoms with E-state index < -0.39 is 17.9 Å². The third-order valence-corrected chi connectivity index (χ3v) is 10.9. The molecule has 5 rings (SSSR count). The monoisotopic (exact) mass is 565 g/mol. The predicted octanol–water partition coefficient (Wildman–Crippen LogP) is 4.82. The summed E-state index contributed by atoms with van der Waals surface area (Å²) < 4.78 is 10.9. The van der Waals surface area contributed by atoms with Crippen LogP contribution in [0.3, 0.4) is 0 Å². The van der Waals surface area contributed by atoms with Gasteiger partial charge in [0, 0.05) is 24.7 Å². The number of fused-ring (bicyclic) bond motifs is 5. The molecule has 4 aliphatic rings. The number of ketones is 1. The van der Waals surface area contributed by atoms with E-state index in [1.165, 1.54) is 24.8 Å². The Morgan fingerprint density at radius 1 is 1.00 bits per heavy atom. The summed E-state index contributed by atoms with van der Waals surface area (Å²) in [5.41, 5.74) is 2.16. The quantitative estimate of drug-likeness (QED) is 0.434. The molecule has 8 nitrogen and oxygen atoms in total. The van der Waals surface area contributed by atoms with Crippen LogP contribution >= 0.6 is 0 Å². The van der Waals surface area contributed by atoms with E-state index in [1.54, 1.807) is 12.1 Å². The number of ether oxygens (including phenoxy) is 2. The number of benzene rings is 1. The van der Waals surface area contributed by atoms with Crippen LogP contribution in [0.4, 0.5) is 0 Å². The minimum absolute atomic E-state index is 0.0531. The van der Waals surface area contributed by atoms with Crippen molar-refractivity contribution in [2.75, 3.05) is 7.11 Å². The molecule has 2 N–H and O–H groups in total. The standard InChI is InChI=1S/C33H43NO7/c1-32-16-14-23(36)19-21(32)6-9-24-25-10-11-28(33(25,2)17-15-26(24)32)41-30(38)13-12-29(37)34-27(31(39)40-3)18-20-4-7-22(35)8-5-20/h4-5,7-8,19,24-28,35H,6,9-18H2,1-3H3,(H,34,37)/t24-,25-,26+,27-,28-,32-,33-/m0/s1. The Labute approximate surface area is 242 Å². The molecule has 7 atom stereocenters. The second kappa shape index (κ2) is 11.6. The second-order valence-corrected chi connectivity index (χ2v) is 13.1. The molecule has 3 fully saturated rings. The van der Waals surface area contributed by atoms with Crippen molar-refractivity contribution < 1.29 is 33.8 Å². The van der Waals surface area contributed by atoms with Crippen LogP contribution in [0.2, 0.25) is 0 Å². The van der Waals surface area contributed by atoms with Crippen LogP contribution in [0.5, 0.6) is 5.75 Å². The number of carbonyl (C=O) groups excluding carboxylic acids is 4. The number of methoxy groups -OCH3 is 1. The number of esters is 2. The highest BCUT2D eigenvalue weighted by molar-refractivity contribution is 5.91. The van der Waals surface area contributed by atoms with Gasteiger partial charge in [0.05, 0.1) is 13.5 Å². The van der Waals surface area contributed by atoms with E-state index in [2.05, 4.69) is 19.2 Å². The first-order valence-electron chi connectivity index (χ1n) is 15.1. The van der Waals surface area contributed by atoms with E-state index in [0.29, 0.717) is 24.2 Å². The van der Waals surface area contributed by atoms with Gasteiger partial charge < -0.3 is 19.9 Å². The molecule has 0 bridgehead atoms. The van der Waals surface area contributed by atoms with Crippen LogP contribution < -0.4 is 5.32 Å². The van der Waals surface area contributed by atoms with Gasteiger partial charge in [0.15, 0.2) is 5.78 Å². The summed E-state index contributed by atoms with van der Waals surface area (Å²) in [7, 11) is 1.26. The molecule has 0 spiro atoms. The van der Waals surface area contributed by atoms with E-state index in [4.69, 9.17) is 9.47 Å². The molecule has 1 aromatic rings. The Hall–Kier alpha value is -3.16. The number of aromatic hydroxyl groups is 1. The van der Waals surface area contributed by atoms with Gasteiger partial charge in [0.2, 0.25) is 5.91 Å². The van der Waals surface area contributed by atoms with Crippen molar-refractivity contribution in [3.8, 4) is 5.75 Å². The van der Waals surface area contributed by atoms with Gasteiger partial charge in [-0.3, -0.25) is 14.4 Å². The van der Waals surface area contributed by atoms with Gasteiger partial charge in [-0.1, -0.05) is 31.6 Å². The molecule has 0 saturated heterocycles. The number of carbonyl (C=O) groups is 4. The Morgan fingerprint density at radius 3 is 2.49 bits per heavy atom. The Kier molecular flexibility index (Phi) is 8.31. The van der Waals surface area contributed by atoms with Crippen molar-refractivity contribution in [1.29, 1.82) is 0 Å². The molecule has 0 radical (unpaired) electrons. The van der Waals surface area contributed by atoms with E-state index >= 15 is 0 Å². The zero-order chi connectivity index (χ0) is 29.4. The summed E-state index contributed by atoms with van der Waals surface area (Å²) >= 11 is 0. The molecule has 1 amide bonds. The lowest BCUT2D eigenvalue weighted by Crippen LogP contribution is -2.51. The zero-order valence-corrected chi connectivity index (χ0v) is 24.4. The maximum Gasteiger partial charge on any atom is 0.328 e. The summed E-state index contributed by atoms with van der Waals surface area (Å²) in [6, 6.07) is 5.49. The summed E-state index contributed by atoms with van der Waals surface area (Å²) in [6.45, 7) is 4.66. The topological polar surface area (TPSA) is 119 Å². The van der Waals surface area contributed by atoms with Crippen LogP contribution in [-0.4, -0.2) is 48.0 Å². The molecule has 4 aliphatic carbocycles. The summed E-state index contributed by atoms with van der Waals surface area (Å²) in [4.78, 5) is 50.0. The number of hydrogen-bond donors (Lipinski definition) is 2. The molecule has 0 aliphatic heterocycles. The third-order valence-electron chi connectivity index (χ3n) is 10.9. The van der Waals surface area contributed by atoms with Gasteiger partial charge >= 0.3 is 11.9 Å². The van der Waals surface area contributed by atoms with Gasteiger partial charge in [0.25, 0.3) is 0 Å². The lowest BCUT2D eigenvalue weighted by atomic mass is 9.47. The smallest absolute Gasteiger partial charge is 0.328 e. The number of nitrogens with one attached hydrogen (secondary N) is 1. The largest absolute Gasteiger partial charge is 0.508 e. The molecule has 1 aromatic carbocycles. The van der Waals surface area contributed by atoms with E-state index in [-0.39, 0.29) is 53.7 Å². The van der Waals surface area contributed by atoms with Gasteiger partial charge in [-0.05, 0) is 91.9 Å². The molecule has 222 valence electrons. The van der Waals surface area contributed by atoms with Crippen molar-refractivity contribution in [2.45, 2.75) is 96.6 Å². The number of amides is 1. The fourth-order valence-corrected chi connectivity index (χ4v) is 8.61. The van der Waals surface area contributed by atoms with Gasteiger partial charge in [-0.15, -0.1) is 0 Å². The van der Waals surface area contributed by atoms with Crippen molar-refractivity contribution in [3.63, 3.8) is 0 Å². The van der Waals surface area contributed by atoms with Crippen LogP contribution in [-0.2, 0) is 35.1 Å². The van der Waals surface area contributed by atoms with E-state index in [0.717, 1.165) is 50.5 Å². The summed E-state index contributed by atoms with van der Waals surface area (Å²) in [5, 5.41) is 12.2. The highest BCUT2D eigenvalue weighted by atomic mass is 16.5. The molecule has 0 aromatic heterocycles. The molecule has 41 heavy (non-hydrogen) atoms. The van der Waals surface area contributed by atoms with Crippen LogP contribution in [0.1, 0.15) is 83.6 Å². The van der Waals surface area contributed by atoms with Crippen molar-refractivity contribution in [2.24, 2.45) is 28.6 Å². The van der Waals surface area contributed by atoms with Gasteiger partial charge in [-0.2, -0.15) is 0 Å². The number of hydrogen-bond acceptors (Lipinski definition) is 7. The number of phenolic OH excluding ortho intramolecular Hbond substituents is 1. The normalized spacial score (nSPS) is 33.0. The third kappa shape index (κ3) is 5.80. The van der Waals surface area contributed by atoms with Crippen molar-refractivity contribution in [3.05, 3.63) is 41.5 Å². The molecule has 8 heteroatoms. The highest BCUT2D eigenvalue weighted by Gasteiger charge is 2.60. The summed E-state index contributed by atoms with van der Waals surface area (Å²) in [6.07, 6.45) is 9.54. The average molecular weight is 566 g/mol. The lowest BCUT2D eigenvalue weighted by molar-refractivity contribution is -0.160. The van der Waals surface area contributed by atoms with E-state index in [1.807, 2.05) is 6.08 Å². The molecular weight excluding hydrogens is 522 g/mol. The summed E-state index contributed by atoms with van der Waals surface area (Å²) in [5.74, 6) is 0.677. The zero-order valence-electron chi connectivity index (χ0n) is 24.4. The average Bonchev–Trinajstić information content (AvgIpc) is 3.28. The molecular formula is C33H43NO7. The predicted molar refractivity (Wildman–Crippen MR) is 152 cm³/mol. The number of allylic oxidation sites excluding steroid dienone is 1. The molecule has 0 unspecified atom stereocenters. The maximum atomic E-state index is 12.9. The first-order chi connectivity index (χ1) is 19.5. The Balaban J connectivity index is 1.15. The first-order valence-corrected chi connectivity index (χ1v) is 15.1. The minimum Gasteiger partial charge on any atom is -0.508 e. The van der Waals surface area contributed by atoms with Gasteiger partial charge in [0.1, 0.15) is 17.9 Å². The Bertz CT molecular complexity index is 1220. The van der Waals surface area contributed by atoms with E-state index in [9.17, 15) is 24.3 Å². The number of rotatable bonds is 8. The van der Waals surface area contributed by atoms with Crippen LogP contribution in [0, 0.1) is 28.6 Å². The van der Waals surface area contributed by atoms with Gasteiger partial charge in [-0.25, -0.2) is 4.79 Å². The fourth-order valence-electron chi connectivity index (χ4n) is 8.61. The first kappa shape index (κ1) is 29.3. The Morgan fingerprint density at radius 2 is 1.76 bits per heavy atom. The van der Waals surface area contributed by atoms with Crippen LogP contribution in [0.15, 0.2) is 35.9 Å². The second-order valence-electron chi connectivity index (χ2n) is 13.1. The minimum atomic E-state index is -0.896. The lowest BCUT2D eigenvalue weighted by Gasteiger charge is -2.57. The fraction of sp³-hybridized carbons (Fsp3) is 0.636. The number of phenols is 1. The highest BCUT2D eigenvalue weighted by Crippen LogP contribution is 2.65. The molecule has 0 heterocycles.